The summed E-state index contributed by atoms with van der Waals surface area (Å²) >= 11 is 7.56. The van der Waals surface area contributed by atoms with E-state index in [1.54, 1.807) is 18.5 Å². The second kappa shape index (κ2) is 8.08. The Morgan fingerprint density at radius 1 is 0.969 bits per heavy atom. The van der Waals surface area contributed by atoms with Gasteiger partial charge in [-0.2, -0.15) is 0 Å². The maximum atomic E-state index is 6.70. The molecule has 0 saturated carbocycles. The highest BCUT2D eigenvalue weighted by molar-refractivity contribution is 7.99. The number of aromatic nitrogens is 3. The second-order valence-electron chi connectivity index (χ2n) is 8.33. The summed E-state index contributed by atoms with van der Waals surface area (Å²) in [4.78, 5) is 16.0. The number of nitrogens with two attached hydrogens (primary N) is 4. The zero-order chi connectivity index (χ0) is 22.5. The van der Waals surface area contributed by atoms with Crippen LogP contribution < -0.4 is 27.8 Å². The maximum Gasteiger partial charge on any atom is 0.158 e. The summed E-state index contributed by atoms with van der Waals surface area (Å²) in [5.41, 5.74) is 27.6. The highest BCUT2D eigenvalue weighted by Gasteiger charge is 2.51. The van der Waals surface area contributed by atoms with Gasteiger partial charge in [0.2, 0.25) is 0 Å². The molecule has 1 aromatic carbocycles. The summed E-state index contributed by atoms with van der Waals surface area (Å²) in [7, 11) is 0. The lowest BCUT2D eigenvalue weighted by atomic mass is 9.70. The summed E-state index contributed by atoms with van der Waals surface area (Å²) in [5.74, 6) is 1.37. The van der Waals surface area contributed by atoms with Gasteiger partial charge in [0.25, 0.3) is 0 Å². The topological polar surface area (TPSA) is 146 Å². The van der Waals surface area contributed by atoms with Crippen molar-refractivity contribution in [3.05, 3.63) is 58.9 Å². The van der Waals surface area contributed by atoms with Crippen LogP contribution in [0.3, 0.4) is 0 Å². The summed E-state index contributed by atoms with van der Waals surface area (Å²) in [5, 5.41) is 0.958. The molecule has 10 heteroatoms. The van der Waals surface area contributed by atoms with Crippen molar-refractivity contribution < 1.29 is 0 Å². The molecule has 3 aromatic rings. The number of nitrogen functional groups attached to an aromatic ring is 2. The van der Waals surface area contributed by atoms with Gasteiger partial charge in [-0.05, 0) is 30.0 Å². The molecule has 1 spiro atoms. The van der Waals surface area contributed by atoms with Crippen molar-refractivity contribution in [3.8, 4) is 0 Å². The molecular weight excluding hydrogens is 444 g/mol. The first kappa shape index (κ1) is 21.3. The van der Waals surface area contributed by atoms with Crippen molar-refractivity contribution in [2.45, 2.75) is 34.8 Å². The van der Waals surface area contributed by atoms with E-state index in [9.17, 15) is 0 Å². The predicted molar refractivity (Wildman–Crippen MR) is 128 cm³/mol. The fourth-order valence-electron chi connectivity index (χ4n) is 4.90. The van der Waals surface area contributed by atoms with Crippen molar-refractivity contribution in [1.29, 1.82) is 0 Å². The Bertz CT molecular complexity index is 1130. The lowest BCUT2D eigenvalue weighted by Gasteiger charge is -2.45. The van der Waals surface area contributed by atoms with Gasteiger partial charge in [0.1, 0.15) is 16.7 Å². The van der Waals surface area contributed by atoms with E-state index in [4.69, 9.17) is 34.5 Å². The number of pyridine rings is 1. The van der Waals surface area contributed by atoms with Gasteiger partial charge in [-0.15, -0.1) is 0 Å². The van der Waals surface area contributed by atoms with E-state index in [2.05, 4.69) is 32.0 Å². The molecule has 0 radical (unpaired) electrons. The molecule has 2 atom stereocenters. The number of halogens is 1. The van der Waals surface area contributed by atoms with Crippen molar-refractivity contribution in [3.63, 3.8) is 0 Å². The van der Waals surface area contributed by atoms with Crippen LogP contribution in [0.5, 0.6) is 0 Å². The Kier molecular flexibility index (Phi) is 5.37. The van der Waals surface area contributed by atoms with Crippen LogP contribution in [0.15, 0.2) is 52.6 Å². The molecule has 166 valence electrons. The minimum atomic E-state index is -0.132. The number of hydrogen-bond acceptors (Lipinski definition) is 9. The number of hydrogen-bond donors (Lipinski definition) is 4. The third-order valence-corrected chi connectivity index (χ3v) is 8.34. The SMILES string of the molecule is Nc1nc(N2CCC3(CC2)[C@H](N)c2ccccc2[C@H]3N)cnc1Sc1ccnc(N)c1Cl. The normalized spacial score (nSPS) is 21.7. The molecule has 8 N–H and O–H groups in total. The zero-order valence-electron chi connectivity index (χ0n) is 17.4. The van der Waals surface area contributed by atoms with Gasteiger partial charge in [0, 0.05) is 41.7 Å². The first-order valence-corrected chi connectivity index (χ1v) is 11.7. The van der Waals surface area contributed by atoms with Crippen LogP contribution in [-0.2, 0) is 0 Å². The summed E-state index contributed by atoms with van der Waals surface area (Å²) in [6, 6.07) is 9.94. The number of benzene rings is 1. The van der Waals surface area contributed by atoms with E-state index in [1.807, 2.05) is 12.1 Å². The molecule has 1 aliphatic carbocycles. The van der Waals surface area contributed by atoms with Gasteiger partial charge in [-0.3, -0.25) is 0 Å². The number of anilines is 3. The molecule has 0 amide bonds. The Labute approximate surface area is 195 Å². The van der Waals surface area contributed by atoms with Crippen LogP contribution in [0.2, 0.25) is 5.02 Å². The van der Waals surface area contributed by atoms with Crippen molar-refractivity contribution in [2.24, 2.45) is 16.9 Å². The molecule has 32 heavy (non-hydrogen) atoms. The van der Waals surface area contributed by atoms with E-state index in [0.29, 0.717) is 15.9 Å². The highest BCUT2D eigenvalue weighted by atomic mass is 35.5. The molecule has 0 bridgehead atoms. The Hall–Kier alpha value is -2.59. The van der Waals surface area contributed by atoms with Crippen molar-refractivity contribution in [2.75, 3.05) is 29.5 Å². The fourth-order valence-corrected chi connectivity index (χ4v) is 5.92. The van der Waals surface area contributed by atoms with Crippen molar-refractivity contribution in [1.82, 2.24) is 15.0 Å². The molecule has 3 heterocycles. The van der Waals surface area contributed by atoms with Gasteiger partial charge in [0.05, 0.1) is 11.2 Å². The minimum Gasteiger partial charge on any atom is -0.382 e. The molecule has 1 aliphatic heterocycles. The van der Waals surface area contributed by atoms with Crippen molar-refractivity contribution >= 4 is 40.8 Å². The minimum absolute atomic E-state index is 0.0525. The number of rotatable bonds is 3. The summed E-state index contributed by atoms with van der Waals surface area (Å²) in [6.07, 6.45) is 5.11. The third kappa shape index (κ3) is 3.36. The molecule has 1 fully saturated rings. The molecule has 2 aliphatic rings. The molecule has 2 aromatic heterocycles. The maximum absolute atomic E-state index is 6.70. The van der Waals surface area contributed by atoms with Crippen LogP contribution >= 0.6 is 23.4 Å². The Morgan fingerprint density at radius 2 is 1.62 bits per heavy atom. The fraction of sp³-hybridized carbons (Fsp3) is 0.318. The largest absolute Gasteiger partial charge is 0.382 e. The number of piperidine rings is 1. The van der Waals surface area contributed by atoms with Crippen LogP contribution in [0.1, 0.15) is 36.1 Å². The van der Waals surface area contributed by atoms with Crippen LogP contribution in [0.4, 0.5) is 17.5 Å². The van der Waals surface area contributed by atoms with E-state index < -0.39 is 0 Å². The number of fused-ring (bicyclic) bond motifs is 1. The van der Waals surface area contributed by atoms with Crippen LogP contribution in [0.25, 0.3) is 0 Å². The standard InChI is InChI=1S/C22H25ClN8S/c23-16-14(5-8-28-19(16)26)32-21-20(27)30-15(11-29-21)31-9-6-22(7-10-31)17(24)12-3-1-2-4-13(12)18(22)25/h1-5,8,11,17-18H,6-7,9-10,24-25H2,(H2,26,28)(H2,27,30)/t17-,18-/m1/s1. The van der Waals surface area contributed by atoms with Gasteiger partial charge in [-0.25, -0.2) is 15.0 Å². The Balaban J connectivity index is 1.31. The number of nitrogens with zero attached hydrogens (tertiary/aromatic N) is 4. The van der Waals surface area contributed by atoms with Gasteiger partial charge in [0.15, 0.2) is 5.82 Å². The van der Waals surface area contributed by atoms with E-state index in [-0.39, 0.29) is 23.3 Å². The van der Waals surface area contributed by atoms with Crippen LogP contribution in [0, 0.1) is 5.41 Å². The first-order chi connectivity index (χ1) is 15.4. The lowest BCUT2D eigenvalue weighted by Crippen LogP contribution is -2.48. The van der Waals surface area contributed by atoms with E-state index in [1.165, 1.54) is 22.9 Å². The smallest absolute Gasteiger partial charge is 0.158 e. The molecule has 8 nitrogen and oxygen atoms in total. The summed E-state index contributed by atoms with van der Waals surface area (Å²) in [6.45, 7) is 1.59. The van der Waals surface area contributed by atoms with Gasteiger partial charge in [-0.1, -0.05) is 47.6 Å². The molecular formula is C22H25ClN8S. The monoisotopic (exact) mass is 468 g/mol. The van der Waals surface area contributed by atoms with Gasteiger partial charge < -0.3 is 27.8 Å². The quantitative estimate of drug-likeness (QED) is 0.455. The van der Waals surface area contributed by atoms with E-state index in [0.717, 1.165) is 36.6 Å². The average molecular weight is 469 g/mol. The average Bonchev–Trinajstić information content (AvgIpc) is 3.01. The predicted octanol–water partition coefficient (Wildman–Crippen LogP) is 3.14. The van der Waals surface area contributed by atoms with E-state index >= 15 is 0 Å². The third-order valence-electron chi connectivity index (χ3n) is 6.76. The summed E-state index contributed by atoms with van der Waals surface area (Å²) < 4.78 is 0. The molecule has 1 saturated heterocycles. The van der Waals surface area contributed by atoms with Gasteiger partial charge >= 0.3 is 0 Å². The second-order valence-corrected chi connectivity index (χ2v) is 9.74. The molecule has 0 unspecified atom stereocenters. The Morgan fingerprint density at radius 3 is 2.25 bits per heavy atom. The lowest BCUT2D eigenvalue weighted by molar-refractivity contribution is 0.148. The van der Waals surface area contributed by atoms with Crippen LogP contribution in [-0.4, -0.2) is 28.0 Å². The zero-order valence-corrected chi connectivity index (χ0v) is 19.0. The highest BCUT2D eigenvalue weighted by Crippen LogP contribution is 2.56. The molecule has 5 rings (SSSR count). The first-order valence-electron chi connectivity index (χ1n) is 10.5.